The topological polar surface area (TPSA) is 52.6 Å². The summed E-state index contributed by atoms with van der Waals surface area (Å²) in [5, 5.41) is 13.1. The van der Waals surface area contributed by atoms with Crippen molar-refractivity contribution >= 4 is 5.97 Å². The lowest BCUT2D eigenvalue weighted by Crippen LogP contribution is -2.55. The maximum absolute atomic E-state index is 11.4. The molecule has 1 saturated heterocycles. The number of nitrogens with one attached hydrogen (secondary N) is 1. The number of piperidine rings is 1. The lowest BCUT2D eigenvalue weighted by atomic mass is 9.90. The Balaban J connectivity index is 1.93. The number of aliphatic carboxylic acids is 1. The Hall–Kier alpha value is -0.610. The Labute approximate surface area is 122 Å². The first-order valence-electron chi connectivity index (χ1n) is 8.33. The van der Waals surface area contributed by atoms with Gasteiger partial charge in [-0.1, -0.05) is 26.2 Å². The normalized spacial score (nSPS) is 31.1. The van der Waals surface area contributed by atoms with Gasteiger partial charge in [-0.15, -0.1) is 0 Å². The molecule has 0 aromatic heterocycles. The van der Waals surface area contributed by atoms with Crippen LogP contribution in [0.5, 0.6) is 0 Å². The van der Waals surface area contributed by atoms with E-state index in [1.807, 2.05) is 0 Å². The van der Waals surface area contributed by atoms with Gasteiger partial charge in [0.2, 0.25) is 0 Å². The van der Waals surface area contributed by atoms with Crippen LogP contribution in [0.15, 0.2) is 0 Å². The first-order valence-corrected chi connectivity index (χ1v) is 8.33. The van der Waals surface area contributed by atoms with Crippen LogP contribution in [-0.2, 0) is 4.79 Å². The van der Waals surface area contributed by atoms with Crippen LogP contribution < -0.4 is 5.32 Å². The molecule has 4 nitrogen and oxygen atoms in total. The molecule has 2 rings (SSSR count). The third-order valence-electron chi connectivity index (χ3n) is 5.12. The molecule has 1 heterocycles. The molecule has 0 bridgehead atoms. The fraction of sp³-hybridized carbons (Fsp3) is 0.938. The fourth-order valence-corrected chi connectivity index (χ4v) is 3.65. The molecule has 0 aromatic carbocycles. The van der Waals surface area contributed by atoms with E-state index in [0.717, 1.165) is 19.4 Å². The van der Waals surface area contributed by atoms with Gasteiger partial charge in [0.15, 0.2) is 0 Å². The number of hydrogen-bond acceptors (Lipinski definition) is 3. The SMILES string of the molecule is CCC(C)N1CC(NC2CCCCC2)CC(C(=O)O)C1. The highest BCUT2D eigenvalue weighted by molar-refractivity contribution is 5.70. The number of rotatable bonds is 5. The highest BCUT2D eigenvalue weighted by atomic mass is 16.4. The molecule has 3 unspecified atom stereocenters. The van der Waals surface area contributed by atoms with Gasteiger partial charge >= 0.3 is 5.97 Å². The number of carboxylic acids is 1. The zero-order valence-corrected chi connectivity index (χ0v) is 13.0. The van der Waals surface area contributed by atoms with Crippen LogP contribution in [0.4, 0.5) is 0 Å². The van der Waals surface area contributed by atoms with E-state index in [-0.39, 0.29) is 5.92 Å². The highest BCUT2D eigenvalue weighted by Gasteiger charge is 2.34. The predicted octanol–water partition coefficient (Wildman–Crippen LogP) is 2.48. The van der Waals surface area contributed by atoms with E-state index < -0.39 is 5.97 Å². The number of hydrogen-bond donors (Lipinski definition) is 2. The van der Waals surface area contributed by atoms with Crippen molar-refractivity contribution in [3.05, 3.63) is 0 Å². The third kappa shape index (κ3) is 4.19. The number of carbonyl (C=O) groups is 1. The Morgan fingerprint density at radius 3 is 2.55 bits per heavy atom. The van der Waals surface area contributed by atoms with Gasteiger partial charge in [-0.2, -0.15) is 0 Å². The van der Waals surface area contributed by atoms with Crippen LogP contribution >= 0.6 is 0 Å². The summed E-state index contributed by atoms with van der Waals surface area (Å²) < 4.78 is 0. The van der Waals surface area contributed by atoms with E-state index in [9.17, 15) is 9.90 Å². The van der Waals surface area contributed by atoms with Gasteiger partial charge in [0.25, 0.3) is 0 Å². The molecule has 20 heavy (non-hydrogen) atoms. The summed E-state index contributed by atoms with van der Waals surface area (Å²) in [4.78, 5) is 13.8. The molecule has 116 valence electrons. The molecule has 0 aromatic rings. The van der Waals surface area contributed by atoms with Gasteiger partial charge in [0.05, 0.1) is 5.92 Å². The Kier molecular flexibility index (Phi) is 5.85. The van der Waals surface area contributed by atoms with Crippen molar-refractivity contribution in [3.63, 3.8) is 0 Å². The Morgan fingerprint density at radius 1 is 1.25 bits per heavy atom. The van der Waals surface area contributed by atoms with Crippen LogP contribution in [0.1, 0.15) is 58.8 Å². The van der Waals surface area contributed by atoms with Gasteiger partial charge in [-0.3, -0.25) is 9.69 Å². The largest absolute Gasteiger partial charge is 0.481 e. The minimum Gasteiger partial charge on any atom is -0.481 e. The summed E-state index contributed by atoms with van der Waals surface area (Å²) in [6.07, 6.45) is 8.40. The number of carboxylic acid groups (broad SMARTS) is 1. The monoisotopic (exact) mass is 282 g/mol. The lowest BCUT2D eigenvalue weighted by Gasteiger charge is -2.41. The van der Waals surface area contributed by atoms with Gasteiger partial charge in [0, 0.05) is 31.2 Å². The van der Waals surface area contributed by atoms with E-state index in [4.69, 9.17) is 0 Å². The maximum atomic E-state index is 11.4. The summed E-state index contributed by atoms with van der Waals surface area (Å²) in [5.41, 5.74) is 0. The van der Waals surface area contributed by atoms with Gasteiger partial charge in [-0.05, 0) is 32.6 Å². The molecule has 0 amide bonds. The fourth-order valence-electron chi connectivity index (χ4n) is 3.65. The van der Waals surface area contributed by atoms with Crippen molar-refractivity contribution in [1.82, 2.24) is 10.2 Å². The molecule has 0 spiro atoms. The van der Waals surface area contributed by atoms with E-state index in [0.29, 0.717) is 24.7 Å². The average molecular weight is 282 g/mol. The van der Waals surface area contributed by atoms with Crippen molar-refractivity contribution in [3.8, 4) is 0 Å². The molecule has 0 radical (unpaired) electrons. The summed E-state index contributed by atoms with van der Waals surface area (Å²) in [5.74, 6) is -0.840. The zero-order chi connectivity index (χ0) is 14.5. The molecule has 2 aliphatic rings. The van der Waals surface area contributed by atoms with E-state index >= 15 is 0 Å². The van der Waals surface area contributed by atoms with E-state index in [1.54, 1.807) is 0 Å². The Morgan fingerprint density at radius 2 is 1.95 bits per heavy atom. The molecular weight excluding hydrogens is 252 g/mol. The van der Waals surface area contributed by atoms with Crippen molar-refractivity contribution in [2.75, 3.05) is 13.1 Å². The number of likely N-dealkylation sites (tertiary alicyclic amines) is 1. The van der Waals surface area contributed by atoms with E-state index in [2.05, 4.69) is 24.1 Å². The second kappa shape index (κ2) is 7.41. The van der Waals surface area contributed by atoms with Crippen LogP contribution in [0.2, 0.25) is 0 Å². The number of nitrogens with zero attached hydrogens (tertiary/aromatic N) is 1. The summed E-state index contributed by atoms with van der Waals surface area (Å²) in [6, 6.07) is 1.44. The van der Waals surface area contributed by atoms with Gasteiger partial charge < -0.3 is 10.4 Å². The first-order chi connectivity index (χ1) is 9.60. The van der Waals surface area contributed by atoms with E-state index in [1.165, 1.54) is 32.1 Å². The standard InChI is InChI=1S/C16H30N2O2/c1-3-12(2)18-10-13(16(19)20)9-15(11-18)17-14-7-5-4-6-8-14/h12-15,17H,3-11H2,1-2H3,(H,19,20). The predicted molar refractivity (Wildman–Crippen MR) is 80.9 cm³/mol. The first kappa shape index (κ1) is 15.8. The second-order valence-electron chi connectivity index (χ2n) is 6.68. The molecule has 2 fully saturated rings. The average Bonchev–Trinajstić information content (AvgIpc) is 2.47. The van der Waals surface area contributed by atoms with Crippen LogP contribution in [0.3, 0.4) is 0 Å². The molecule has 1 aliphatic carbocycles. The summed E-state index contributed by atoms with van der Waals surface area (Å²) in [6.45, 7) is 6.11. The van der Waals surface area contributed by atoms with Gasteiger partial charge in [-0.25, -0.2) is 0 Å². The molecule has 1 saturated carbocycles. The minimum absolute atomic E-state index is 0.209. The highest BCUT2D eigenvalue weighted by Crippen LogP contribution is 2.23. The van der Waals surface area contributed by atoms with Crippen molar-refractivity contribution < 1.29 is 9.90 Å². The lowest BCUT2D eigenvalue weighted by molar-refractivity contribution is -0.144. The summed E-state index contributed by atoms with van der Waals surface area (Å²) in [7, 11) is 0. The second-order valence-corrected chi connectivity index (χ2v) is 6.68. The Bertz CT molecular complexity index is 314. The molecule has 2 N–H and O–H groups in total. The van der Waals surface area contributed by atoms with Crippen LogP contribution in [0.25, 0.3) is 0 Å². The quantitative estimate of drug-likeness (QED) is 0.813. The zero-order valence-electron chi connectivity index (χ0n) is 13.0. The van der Waals surface area contributed by atoms with Crippen molar-refractivity contribution in [2.45, 2.75) is 76.9 Å². The summed E-state index contributed by atoms with van der Waals surface area (Å²) >= 11 is 0. The molecular formula is C16H30N2O2. The molecule has 4 heteroatoms. The maximum Gasteiger partial charge on any atom is 0.307 e. The van der Waals surface area contributed by atoms with Crippen molar-refractivity contribution in [1.29, 1.82) is 0 Å². The molecule has 1 aliphatic heterocycles. The molecule has 3 atom stereocenters. The van der Waals surface area contributed by atoms with Crippen molar-refractivity contribution in [2.24, 2.45) is 5.92 Å². The van der Waals surface area contributed by atoms with Crippen LogP contribution in [0, 0.1) is 5.92 Å². The minimum atomic E-state index is -0.631. The van der Waals surface area contributed by atoms with Crippen LogP contribution in [-0.4, -0.2) is 47.2 Å². The van der Waals surface area contributed by atoms with Gasteiger partial charge in [0.1, 0.15) is 0 Å². The third-order valence-corrected chi connectivity index (χ3v) is 5.12. The smallest absolute Gasteiger partial charge is 0.307 e.